The molecule has 1 unspecified atom stereocenters. The van der Waals surface area contributed by atoms with Crippen molar-refractivity contribution in [2.75, 3.05) is 6.61 Å². The van der Waals surface area contributed by atoms with Crippen LogP contribution in [0.3, 0.4) is 0 Å². The maximum Gasteiger partial charge on any atom is 0.307 e. The molecule has 2 N–H and O–H groups in total. The van der Waals surface area contributed by atoms with Gasteiger partial charge in [0.05, 0.1) is 24.8 Å². The van der Waals surface area contributed by atoms with E-state index in [9.17, 15) is 4.79 Å². The number of nitrogens with two attached hydrogens (primary N) is 1. The molecule has 0 fully saturated rings. The fraction of sp³-hybridized carbons (Fsp3) is 0.400. The molecule has 4 nitrogen and oxygen atoms in total. The summed E-state index contributed by atoms with van der Waals surface area (Å²) in [4.78, 5) is 15.2. The van der Waals surface area contributed by atoms with Gasteiger partial charge in [0, 0.05) is 6.20 Å². The molecule has 16 heavy (non-hydrogen) atoms. The highest BCUT2D eigenvalue weighted by Crippen LogP contribution is 2.10. The summed E-state index contributed by atoms with van der Waals surface area (Å²) >= 11 is 0. The van der Waals surface area contributed by atoms with E-state index in [1.807, 2.05) is 6.07 Å². The van der Waals surface area contributed by atoms with Gasteiger partial charge >= 0.3 is 5.97 Å². The first-order valence-corrected chi connectivity index (χ1v) is 4.56. The van der Waals surface area contributed by atoms with Gasteiger partial charge in [0.1, 0.15) is 0 Å². The van der Waals surface area contributed by atoms with E-state index in [1.54, 1.807) is 25.3 Å². The lowest BCUT2D eigenvalue weighted by Gasteiger charge is -2.09. The first-order valence-electron chi connectivity index (χ1n) is 4.56. The number of carbonyl (C=O) groups is 1. The Bertz CT molecular complexity index is 296. The quantitative estimate of drug-likeness (QED) is 0.846. The minimum atomic E-state index is -0.379. The van der Waals surface area contributed by atoms with Crippen molar-refractivity contribution in [2.24, 2.45) is 5.73 Å². The molecule has 0 aliphatic heterocycles. The third kappa shape index (κ3) is 5.90. The lowest BCUT2D eigenvalue weighted by Crippen LogP contribution is -2.18. The second-order valence-corrected chi connectivity index (χ2v) is 2.87. The van der Waals surface area contributed by atoms with Gasteiger partial charge in [-0.25, -0.2) is 0 Å². The number of hydrogen-bond donors (Lipinski definition) is 1. The maximum absolute atomic E-state index is 11.1. The van der Waals surface area contributed by atoms with Gasteiger partial charge in [-0.15, -0.1) is 24.8 Å². The first kappa shape index (κ1) is 17.6. The van der Waals surface area contributed by atoms with E-state index >= 15 is 0 Å². The third-order valence-electron chi connectivity index (χ3n) is 1.76. The number of pyridine rings is 1. The Morgan fingerprint density at radius 3 is 2.69 bits per heavy atom. The van der Waals surface area contributed by atoms with Crippen LogP contribution in [0.2, 0.25) is 0 Å². The van der Waals surface area contributed by atoms with Crippen molar-refractivity contribution in [2.45, 2.75) is 19.4 Å². The van der Waals surface area contributed by atoms with Gasteiger partial charge in [0.2, 0.25) is 0 Å². The van der Waals surface area contributed by atoms with E-state index in [0.717, 1.165) is 0 Å². The molecule has 0 aliphatic carbocycles. The summed E-state index contributed by atoms with van der Waals surface area (Å²) in [6, 6.07) is 5.06. The van der Waals surface area contributed by atoms with E-state index in [2.05, 4.69) is 4.98 Å². The van der Waals surface area contributed by atoms with Crippen molar-refractivity contribution in [3.05, 3.63) is 30.1 Å². The lowest BCUT2D eigenvalue weighted by atomic mass is 10.1. The molecule has 1 heterocycles. The normalized spacial score (nSPS) is 10.6. The van der Waals surface area contributed by atoms with Gasteiger partial charge in [0.25, 0.3) is 0 Å². The Morgan fingerprint density at radius 1 is 1.50 bits per heavy atom. The fourth-order valence-electron chi connectivity index (χ4n) is 1.10. The van der Waals surface area contributed by atoms with Gasteiger partial charge in [-0.1, -0.05) is 6.07 Å². The van der Waals surface area contributed by atoms with Gasteiger partial charge < -0.3 is 10.5 Å². The average Bonchev–Trinajstić information content (AvgIpc) is 2.19. The molecule has 0 radical (unpaired) electrons. The van der Waals surface area contributed by atoms with Crippen LogP contribution in [0, 0.1) is 0 Å². The molecule has 1 atom stereocenters. The molecular weight excluding hydrogens is 251 g/mol. The van der Waals surface area contributed by atoms with Crippen LogP contribution >= 0.6 is 24.8 Å². The van der Waals surface area contributed by atoms with Crippen LogP contribution in [0.15, 0.2) is 24.4 Å². The number of aromatic nitrogens is 1. The van der Waals surface area contributed by atoms with Crippen molar-refractivity contribution >= 4 is 30.8 Å². The van der Waals surface area contributed by atoms with Crippen molar-refractivity contribution < 1.29 is 9.53 Å². The zero-order valence-corrected chi connectivity index (χ0v) is 10.6. The Hall–Kier alpha value is -0.840. The Morgan fingerprint density at radius 2 is 2.19 bits per heavy atom. The zero-order valence-electron chi connectivity index (χ0n) is 8.96. The monoisotopic (exact) mass is 266 g/mol. The number of halogens is 2. The van der Waals surface area contributed by atoms with Gasteiger partial charge in [0.15, 0.2) is 0 Å². The average molecular weight is 267 g/mol. The first-order chi connectivity index (χ1) is 6.74. The molecule has 0 amide bonds. The van der Waals surface area contributed by atoms with E-state index in [0.29, 0.717) is 12.3 Å². The van der Waals surface area contributed by atoms with Crippen molar-refractivity contribution in [1.82, 2.24) is 4.98 Å². The minimum absolute atomic E-state index is 0. The summed E-state index contributed by atoms with van der Waals surface area (Å²) in [7, 11) is 0. The molecule has 6 heteroatoms. The Kier molecular flexibility index (Phi) is 10.3. The molecule has 92 valence electrons. The molecule has 0 aromatic carbocycles. The summed E-state index contributed by atoms with van der Waals surface area (Å²) in [5, 5.41) is 0. The topological polar surface area (TPSA) is 65.2 Å². The summed E-state index contributed by atoms with van der Waals surface area (Å²) in [6.07, 6.45) is 1.82. The standard InChI is InChI=1S/C10H14N2O2.2ClH/c1-2-14-10(13)7-8(11)9-5-3-4-6-12-9;;/h3-6,8H,2,7,11H2,1H3;2*1H. The number of carbonyl (C=O) groups excluding carboxylic acids is 1. The summed E-state index contributed by atoms with van der Waals surface area (Å²) in [5.74, 6) is -0.286. The van der Waals surface area contributed by atoms with Crippen molar-refractivity contribution in [3.63, 3.8) is 0 Å². The van der Waals surface area contributed by atoms with Crippen LogP contribution < -0.4 is 5.73 Å². The second kappa shape index (κ2) is 9.39. The molecular formula is C10H16Cl2N2O2. The molecule has 1 rings (SSSR count). The van der Waals surface area contributed by atoms with Crippen LogP contribution in [0.1, 0.15) is 25.1 Å². The minimum Gasteiger partial charge on any atom is -0.466 e. The van der Waals surface area contributed by atoms with Crippen molar-refractivity contribution in [1.29, 1.82) is 0 Å². The van der Waals surface area contributed by atoms with E-state index in [1.165, 1.54) is 0 Å². The molecule has 0 bridgehead atoms. The van der Waals surface area contributed by atoms with E-state index in [4.69, 9.17) is 10.5 Å². The van der Waals surface area contributed by atoms with Gasteiger partial charge in [-0.2, -0.15) is 0 Å². The lowest BCUT2D eigenvalue weighted by molar-refractivity contribution is -0.143. The third-order valence-corrected chi connectivity index (χ3v) is 1.76. The Labute approximate surface area is 107 Å². The molecule has 1 aromatic rings. The van der Waals surface area contributed by atoms with Gasteiger partial charge in [-0.3, -0.25) is 9.78 Å². The highest BCUT2D eigenvalue weighted by molar-refractivity contribution is 5.85. The molecule has 0 spiro atoms. The number of esters is 1. The van der Waals surface area contributed by atoms with Crippen LogP contribution in [0.25, 0.3) is 0 Å². The maximum atomic E-state index is 11.1. The highest BCUT2D eigenvalue weighted by atomic mass is 35.5. The van der Waals surface area contributed by atoms with E-state index < -0.39 is 0 Å². The number of nitrogens with zero attached hydrogens (tertiary/aromatic N) is 1. The highest BCUT2D eigenvalue weighted by Gasteiger charge is 2.12. The predicted molar refractivity (Wildman–Crippen MR) is 66.9 cm³/mol. The van der Waals surface area contributed by atoms with Gasteiger partial charge in [-0.05, 0) is 19.1 Å². The summed E-state index contributed by atoms with van der Waals surface area (Å²) in [6.45, 7) is 2.15. The van der Waals surface area contributed by atoms with Crippen LogP contribution in [0.4, 0.5) is 0 Å². The molecule has 0 aliphatic rings. The SMILES string of the molecule is CCOC(=O)CC(N)c1ccccn1.Cl.Cl. The van der Waals surface area contributed by atoms with Crippen LogP contribution in [0.5, 0.6) is 0 Å². The molecule has 1 aromatic heterocycles. The number of rotatable bonds is 4. The van der Waals surface area contributed by atoms with Crippen molar-refractivity contribution in [3.8, 4) is 0 Å². The number of ether oxygens (including phenoxy) is 1. The second-order valence-electron chi connectivity index (χ2n) is 2.87. The number of hydrogen-bond acceptors (Lipinski definition) is 4. The van der Waals surface area contributed by atoms with Crippen LogP contribution in [-0.4, -0.2) is 17.6 Å². The summed E-state index contributed by atoms with van der Waals surface area (Å²) < 4.78 is 4.79. The molecule has 0 saturated heterocycles. The fourth-order valence-corrected chi connectivity index (χ4v) is 1.10. The largest absolute Gasteiger partial charge is 0.466 e. The smallest absolute Gasteiger partial charge is 0.307 e. The Balaban J connectivity index is 0. The predicted octanol–water partition coefficient (Wildman–Crippen LogP) is 1.88. The van der Waals surface area contributed by atoms with Crippen LogP contribution in [-0.2, 0) is 9.53 Å². The molecule has 0 saturated carbocycles. The van der Waals surface area contributed by atoms with E-state index in [-0.39, 0.29) is 43.2 Å². The summed E-state index contributed by atoms with van der Waals surface area (Å²) in [5.41, 5.74) is 6.47. The zero-order chi connectivity index (χ0) is 10.4.